The molecule has 43 heavy (non-hydrogen) atoms. The number of amides is 3. The van der Waals surface area contributed by atoms with Crippen LogP contribution in [0.2, 0.25) is 0 Å². The van der Waals surface area contributed by atoms with E-state index in [4.69, 9.17) is 13.9 Å². The van der Waals surface area contributed by atoms with Crippen LogP contribution >= 0.6 is 23.1 Å². The van der Waals surface area contributed by atoms with Gasteiger partial charge in [-0.2, -0.15) is 0 Å². The van der Waals surface area contributed by atoms with E-state index in [1.54, 1.807) is 55.5 Å². The van der Waals surface area contributed by atoms with Crippen LogP contribution in [-0.4, -0.2) is 47.2 Å². The molecule has 1 fully saturated rings. The predicted octanol–water partition coefficient (Wildman–Crippen LogP) is 4.12. The summed E-state index contributed by atoms with van der Waals surface area (Å²) in [6.45, 7) is 1.64. The van der Waals surface area contributed by atoms with Gasteiger partial charge in [-0.3, -0.25) is 23.7 Å². The molecular formula is C30H25N3O8S2. The summed E-state index contributed by atoms with van der Waals surface area (Å²) in [4.78, 5) is 67.1. The molecule has 220 valence electrons. The number of nitrogens with zero attached hydrogens (tertiary/aromatic N) is 2. The highest BCUT2D eigenvalue weighted by Gasteiger charge is 2.57. The van der Waals surface area contributed by atoms with Crippen molar-refractivity contribution in [3.05, 3.63) is 92.8 Å². The molecule has 0 bridgehead atoms. The topological polar surface area (TPSA) is 137 Å². The van der Waals surface area contributed by atoms with Crippen LogP contribution in [-0.2, 0) is 25.7 Å². The number of benzene rings is 2. The molecule has 2 aliphatic rings. The molecule has 4 aromatic rings. The Morgan fingerprint density at radius 1 is 1.00 bits per heavy atom. The van der Waals surface area contributed by atoms with Gasteiger partial charge >= 0.3 is 10.8 Å². The number of nitrogens with one attached hydrogen (secondary N) is 1. The summed E-state index contributed by atoms with van der Waals surface area (Å²) in [5, 5.41) is 2.35. The number of aromatic nitrogens is 1. The fourth-order valence-electron chi connectivity index (χ4n) is 5.26. The van der Waals surface area contributed by atoms with Gasteiger partial charge in [-0.05, 0) is 67.6 Å². The van der Waals surface area contributed by atoms with Gasteiger partial charge < -0.3 is 19.2 Å². The lowest BCUT2D eigenvalue weighted by atomic mass is 9.87. The number of anilines is 2. The minimum atomic E-state index is -0.837. The number of methoxy groups -OCH3 is 1. The zero-order valence-corrected chi connectivity index (χ0v) is 24.6. The number of hydrogen-bond donors (Lipinski definition) is 1. The molecule has 0 spiro atoms. The average molecular weight is 620 g/mol. The smallest absolute Gasteiger partial charge is 0.338 e. The van der Waals surface area contributed by atoms with E-state index in [0.717, 1.165) is 23.1 Å². The molecule has 2 aliphatic heterocycles. The predicted molar refractivity (Wildman–Crippen MR) is 159 cm³/mol. The maximum absolute atomic E-state index is 13.8. The zero-order valence-electron chi connectivity index (χ0n) is 23.0. The van der Waals surface area contributed by atoms with Crippen molar-refractivity contribution >= 4 is 58.2 Å². The van der Waals surface area contributed by atoms with Crippen molar-refractivity contribution in [1.29, 1.82) is 0 Å². The molecule has 4 heterocycles. The van der Waals surface area contributed by atoms with Gasteiger partial charge in [-0.1, -0.05) is 23.1 Å². The van der Waals surface area contributed by atoms with Crippen molar-refractivity contribution < 1.29 is 33.1 Å². The van der Waals surface area contributed by atoms with Crippen LogP contribution in [0.15, 0.2) is 81.2 Å². The van der Waals surface area contributed by atoms with Gasteiger partial charge in [-0.15, -0.1) is 0 Å². The van der Waals surface area contributed by atoms with Crippen molar-refractivity contribution in [3.63, 3.8) is 0 Å². The number of fused-ring (bicyclic) bond motifs is 2. The second-order valence-corrected chi connectivity index (χ2v) is 11.9. The quantitative estimate of drug-likeness (QED) is 0.228. The molecule has 6 rings (SSSR count). The Bertz CT molecular complexity index is 1760. The second-order valence-electron chi connectivity index (χ2n) is 9.74. The average Bonchev–Trinajstić information content (AvgIpc) is 3.71. The standard InChI is InChI=1S/C30H25N3O8S2/c1-3-40-29(37)16-6-8-17(9-7-16)31-21(34)15-32-28-25(43-30(32)38)22(20-5-4-14-41-20)23-24(42-28)27(36)33(26(23)35)18-10-12-19(39-2)13-11-18/h4-14,22-24H,3,15H2,1-2H3,(H,31,34). The minimum absolute atomic E-state index is 0.247. The number of imide groups is 1. The number of esters is 1. The number of thioether (sulfide) groups is 1. The van der Waals surface area contributed by atoms with Gasteiger partial charge in [0, 0.05) is 5.69 Å². The Morgan fingerprint density at radius 2 is 1.74 bits per heavy atom. The summed E-state index contributed by atoms with van der Waals surface area (Å²) in [6, 6.07) is 16.3. The van der Waals surface area contributed by atoms with Gasteiger partial charge in [0.15, 0.2) is 0 Å². The summed E-state index contributed by atoms with van der Waals surface area (Å²) in [7, 11) is 1.53. The number of carbonyl (C=O) groups excluding carboxylic acids is 4. The molecule has 1 N–H and O–H groups in total. The van der Waals surface area contributed by atoms with Gasteiger partial charge in [0.05, 0.1) is 53.0 Å². The number of ether oxygens (including phenoxy) is 2. The van der Waals surface area contributed by atoms with E-state index >= 15 is 0 Å². The van der Waals surface area contributed by atoms with Gasteiger partial charge in [0.2, 0.25) is 17.7 Å². The number of carbonyl (C=O) groups is 4. The maximum atomic E-state index is 13.8. The zero-order chi connectivity index (χ0) is 30.2. The minimum Gasteiger partial charge on any atom is -0.497 e. The fraction of sp³-hybridized carbons (Fsp3) is 0.233. The van der Waals surface area contributed by atoms with E-state index in [1.165, 1.54) is 35.0 Å². The van der Waals surface area contributed by atoms with Crippen LogP contribution in [0.1, 0.15) is 33.8 Å². The van der Waals surface area contributed by atoms with E-state index in [2.05, 4.69) is 5.32 Å². The van der Waals surface area contributed by atoms with Crippen LogP contribution in [0.5, 0.6) is 5.75 Å². The SMILES string of the molecule is CCOC(=O)c1ccc(NC(=O)Cn2c3c(sc2=O)C(c2ccco2)C2C(=O)N(c4ccc(OC)cc4)C(=O)C2S3)cc1. The Kier molecular flexibility index (Phi) is 7.67. The van der Waals surface area contributed by atoms with Crippen LogP contribution < -0.4 is 19.8 Å². The molecule has 3 atom stereocenters. The molecule has 2 aromatic carbocycles. The second kappa shape index (κ2) is 11.6. The molecule has 13 heteroatoms. The number of thiazole rings is 1. The molecule has 1 saturated heterocycles. The van der Waals surface area contributed by atoms with Crippen LogP contribution in [0.25, 0.3) is 0 Å². The number of furan rings is 1. The van der Waals surface area contributed by atoms with E-state index in [9.17, 15) is 24.0 Å². The number of hydrogen-bond acceptors (Lipinski definition) is 10. The third-order valence-electron chi connectivity index (χ3n) is 7.21. The first kappa shape index (κ1) is 28.5. The van der Waals surface area contributed by atoms with E-state index < -0.39 is 45.6 Å². The molecule has 0 radical (unpaired) electrons. The summed E-state index contributed by atoms with van der Waals surface area (Å²) >= 11 is 2.05. The monoisotopic (exact) mass is 619 g/mol. The van der Waals surface area contributed by atoms with Crippen LogP contribution in [0, 0.1) is 5.92 Å². The van der Waals surface area contributed by atoms with Gasteiger partial charge in [-0.25, -0.2) is 9.69 Å². The molecule has 0 saturated carbocycles. The van der Waals surface area contributed by atoms with Crippen molar-refractivity contribution in [2.45, 2.75) is 29.7 Å². The van der Waals surface area contributed by atoms with Crippen molar-refractivity contribution in [2.24, 2.45) is 5.92 Å². The molecule has 0 aliphatic carbocycles. The highest BCUT2D eigenvalue weighted by Crippen LogP contribution is 2.54. The summed E-state index contributed by atoms with van der Waals surface area (Å²) in [5.41, 5.74) is 1.19. The summed E-state index contributed by atoms with van der Waals surface area (Å²) in [6.07, 6.45) is 1.48. The number of rotatable bonds is 8. The Balaban J connectivity index is 1.30. The molecule has 3 unspecified atom stereocenters. The van der Waals surface area contributed by atoms with Crippen LogP contribution in [0.4, 0.5) is 11.4 Å². The Labute approximate surface area is 253 Å². The van der Waals surface area contributed by atoms with E-state index in [1.807, 2.05) is 0 Å². The highest BCUT2D eigenvalue weighted by atomic mass is 32.2. The highest BCUT2D eigenvalue weighted by molar-refractivity contribution is 8.00. The lowest BCUT2D eigenvalue weighted by molar-refractivity contribution is -0.122. The molecular weight excluding hydrogens is 594 g/mol. The molecule has 3 amide bonds. The van der Waals surface area contributed by atoms with Gasteiger partial charge in [0.25, 0.3) is 0 Å². The third kappa shape index (κ3) is 5.14. The maximum Gasteiger partial charge on any atom is 0.338 e. The largest absolute Gasteiger partial charge is 0.497 e. The lowest BCUT2D eigenvalue weighted by Gasteiger charge is -2.29. The fourth-order valence-corrected chi connectivity index (χ4v) is 8.02. The Hall–Kier alpha value is -4.62. The Morgan fingerprint density at radius 3 is 2.40 bits per heavy atom. The molecule has 11 nitrogen and oxygen atoms in total. The summed E-state index contributed by atoms with van der Waals surface area (Å²) < 4.78 is 17.2. The normalized spacial score (nSPS) is 19.1. The molecule has 2 aromatic heterocycles. The van der Waals surface area contributed by atoms with Crippen molar-refractivity contribution in [3.8, 4) is 5.75 Å². The van der Waals surface area contributed by atoms with Crippen molar-refractivity contribution in [1.82, 2.24) is 4.57 Å². The lowest BCUT2D eigenvalue weighted by Crippen LogP contribution is -2.32. The van der Waals surface area contributed by atoms with Crippen LogP contribution in [0.3, 0.4) is 0 Å². The first-order valence-corrected chi connectivity index (χ1v) is 15.0. The van der Waals surface area contributed by atoms with E-state index in [0.29, 0.717) is 38.4 Å². The first-order valence-electron chi connectivity index (χ1n) is 13.3. The summed E-state index contributed by atoms with van der Waals surface area (Å²) in [5.74, 6) is -2.21. The third-order valence-corrected chi connectivity index (χ3v) is 9.81. The first-order chi connectivity index (χ1) is 20.8. The van der Waals surface area contributed by atoms with E-state index in [-0.39, 0.29) is 13.2 Å². The van der Waals surface area contributed by atoms with Gasteiger partial charge in [0.1, 0.15) is 23.3 Å². The van der Waals surface area contributed by atoms with Crippen molar-refractivity contribution in [2.75, 3.05) is 23.9 Å².